The van der Waals surface area contributed by atoms with Crippen LogP contribution in [0, 0.1) is 0 Å². The van der Waals surface area contributed by atoms with Crippen molar-refractivity contribution in [3.63, 3.8) is 0 Å². The van der Waals surface area contributed by atoms with Gasteiger partial charge in [-0.15, -0.1) is 0 Å². The summed E-state index contributed by atoms with van der Waals surface area (Å²) in [4.78, 5) is 2.65. The summed E-state index contributed by atoms with van der Waals surface area (Å²) in [6.45, 7) is 9.41. The second-order valence-electron chi connectivity index (χ2n) is 9.52. The monoisotopic (exact) mass is 491 g/mol. The molecule has 0 radical (unpaired) electrons. The van der Waals surface area contributed by atoms with Gasteiger partial charge >= 0.3 is 0 Å². The minimum absolute atomic E-state index is 0.0601. The Labute approximate surface area is 201 Å². The van der Waals surface area contributed by atoms with Gasteiger partial charge < -0.3 is 4.74 Å². The number of benzene rings is 3. The second kappa shape index (κ2) is 9.91. The molecule has 0 amide bonds. The van der Waals surface area contributed by atoms with E-state index in [4.69, 9.17) is 4.74 Å². The highest BCUT2D eigenvalue weighted by Gasteiger charge is 2.51. The lowest BCUT2D eigenvalue weighted by molar-refractivity contribution is -0.0701. The van der Waals surface area contributed by atoms with Crippen molar-refractivity contribution in [2.75, 3.05) is 13.2 Å². The van der Waals surface area contributed by atoms with Crippen LogP contribution in [-0.4, -0.2) is 29.7 Å². The lowest BCUT2D eigenvalue weighted by Crippen LogP contribution is -2.47. The molecule has 3 aromatic carbocycles. The van der Waals surface area contributed by atoms with Gasteiger partial charge in [-0.05, 0) is 55.5 Å². The Hall–Kier alpha value is -1.94. The zero-order valence-electron chi connectivity index (χ0n) is 19.4. The van der Waals surface area contributed by atoms with E-state index in [9.17, 15) is 0 Å². The Balaban J connectivity index is 1.77. The van der Waals surface area contributed by atoms with E-state index in [-0.39, 0.29) is 11.0 Å². The molecule has 1 heterocycles. The zero-order valence-corrected chi connectivity index (χ0v) is 21.0. The number of hydrogen-bond acceptors (Lipinski definition) is 2. The maximum atomic E-state index is 6.47. The molecule has 32 heavy (non-hydrogen) atoms. The largest absolute Gasteiger partial charge is 0.374 e. The van der Waals surface area contributed by atoms with E-state index in [0.29, 0.717) is 6.04 Å². The van der Waals surface area contributed by atoms with E-state index in [0.717, 1.165) is 37.0 Å². The van der Waals surface area contributed by atoms with Gasteiger partial charge in [-0.2, -0.15) is 0 Å². The van der Waals surface area contributed by atoms with Crippen molar-refractivity contribution >= 4 is 15.9 Å². The minimum Gasteiger partial charge on any atom is -0.374 e. The molecule has 1 saturated heterocycles. The van der Waals surface area contributed by atoms with Crippen molar-refractivity contribution in [1.29, 1.82) is 0 Å². The Morgan fingerprint density at radius 3 is 2.00 bits per heavy atom. The third-order valence-electron chi connectivity index (χ3n) is 6.89. The van der Waals surface area contributed by atoms with Crippen molar-refractivity contribution in [3.05, 3.63) is 106 Å². The maximum Gasteiger partial charge on any atom is 0.0781 e. The molecule has 1 fully saturated rings. The average Bonchev–Trinajstić information content (AvgIpc) is 3.22. The van der Waals surface area contributed by atoms with Crippen molar-refractivity contribution < 1.29 is 4.74 Å². The summed E-state index contributed by atoms with van der Waals surface area (Å²) in [6.07, 6.45) is 2.07. The van der Waals surface area contributed by atoms with Crippen LogP contribution in [0.4, 0.5) is 0 Å². The van der Waals surface area contributed by atoms with E-state index in [2.05, 4.69) is 127 Å². The minimum atomic E-state index is -0.239. The Morgan fingerprint density at radius 2 is 1.47 bits per heavy atom. The fourth-order valence-corrected chi connectivity index (χ4v) is 5.48. The first-order valence-corrected chi connectivity index (χ1v) is 12.5. The van der Waals surface area contributed by atoms with Crippen LogP contribution in [0.1, 0.15) is 50.3 Å². The summed E-state index contributed by atoms with van der Waals surface area (Å²) in [5.74, 6) is 0. The average molecular weight is 493 g/mol. The first kappa shape index (κ1) is 23.2. The van der Waals surface area contributed by atoms with Crippen molar-refractivity contribution in [3.8, 4) is 0 Å². The van der Waals surface area contributed by atoms with Crippen LogP contribution in [0.5, 0.6) is 0 Å². The van der Waals surface area contributed by atoms with Gasteiger partial charge in [0, 0.05) is 35.6 Å². The number of halogens is 1. The van der Waals surface area contributed by atoms with Gasteiger partial charge in [-0.3, -0.25) is 4.90 Å². The maximum absolute atomic E-state index is 6.47. The standard InChI is InChI=1S/C29H34BrNO/c1-4-19-32-28(2,3)27-20-29(24-11-7-5-8-12-24,25-13-9-6-10-14-25)22-31(27)21-23-15-17-26(30)18-16-23/h5-18,27H,4,19-22H2,1-3H3. The smallest absolute Gasteiger partial charge is 0.0781 e. The topological polar surface area (TPSA) is 12.5 Å². The SMILES string of the molecule is CCCOC(C)(C)C1CC(c2ccccc2)(c2ccccc2)CN1Cc1ccc(Br)cc1. The molecule has 0 saturated carbocycles. The normalized spacial score (nSPS) is 18.7. The van der Waals surface area contributed by atoms with Gasteiger partial charge in [0.25, 0.3) is 0 Å². The van der Waals surface area contributed by atoms with Crippen molar-refractivity contribution in [1.82, 2.24) is 4.90 Å². The first-order chi connectivity index (χ1) is 15.4. The third kappa shape index (κ3) is 4.85. The van der Waals surface area contributed by atoms with Gasteiger partial charge in [-0.1, -0.05) is 95.7 Å². The van der Waals surface area contributed by atoms with E-state index in [1.165, 1.54) is 16.7 Å². The van der Waals surface area contributed by atoms with Crippen molar-refractivity contribution in [2.24, 2.45) is 0 Å². The van der Waals surface area contributed by atoms with Crippen LogP contribution in [0.15, 0.2) is 89.4 Å². The molecule has 0 aliphatic carbocycles. The molecular formula is C29H34BrNO. The molecular weight excluding hydrogens is 458 g/mol. The summed E-state index contributed by atoms with van der Waals surface area (Å²) in [5.41, 5.74) is 3.81. The molecule has 4 rings (SSSR count). The number of likely N-dealkylation sites (tertiary alicyclic amines) is 1. The van der Waals surface area contributed by atoms with E-state index >= 15 is 0 Å². The highest BCUT2D eigenvalue weighted by atomic mass is 79.9. The van der Waals surface area contributed by atoms with E-state index in [1.807, 2.05) is 0 Å². The van der Waals surface area contributed by atoms with Crippen LogP contribution >= 0.6 is 15.9 Å². The molecule has 0 N–H and O–H groups in total. The molecule has 0 bridgehead atoms. The quantitative estimate of drug-likeness (QED) is 0.329. The Bertz CT molecular complexity index is 945. The van der Waals surface area contributed by atoms with Crippen LogP contribution in [0.3, 0.4) is 0 Å². The first-order valence-electron chi connectivity index (χ1n) is 11.7. The van der Waals surface area contributed by atoms with Crippen molar-refractivity contribution in [2.45, 2.75) is 57.2 Å². The summed E-state index contributed by atoms with van der Waals surface area (Å²) >= 11 is 3.58. The van der Waals surface area contributed by atoms with Crippen LogP contribution < -0.4 is 0 Å². The summed E-state index contributed by atoms with van der Waals surface area (Å²) < 4.78 is 7.58. The molecule has 1 atom stereocenters. The second-order valence-corrected chi connectivity index (χ2v) is 10.4. The highest BCUT2D eigenvalue weighted by Crippen LogP contribution is 2.47. The molecule has 2 nitrogen and oxygen atoms in total. The van der Waals surface area contributed by atoms with Crippen LogP contribution in [0.2, 0.25) is 0 Å². The number of rotatable bonds is 8. The van der Waals surface area contributed by atoms with E-state index < -0.39 is 0 Å². The molecule has 0 spiro atoms. The molecule has 1 aliphatic heterocycles. The van der Waals surface area contributed by atoms with Gasteiger partial charge in [0.05, 0.1) is 5.60 Å². The lowest BCUT2D eigenvalue weighted by Gasteiger charge is -2.38. The van der Waals surface area contributed by atoms with Crippen LogP contribution in [-0.2, 0) is 16.7 Å². The number of nitrogens with zero attached hydrogens (tertiary/aromatic N) is 1. The zero-order chi connectivity index (χ0) is 22.6. The molecule has 3 aromatic rings. The Morgan fingerprint density at radius 1 is 0.906 bits per heavy atom. The fourth-order valence-electron chi connectivity index (χ4n) is 5.22. The number of ether oxygens (including phenoxy) is 1. The van der Waals surface area contributed by atoms with Crippen LogP contribution in [0.25, 0.3) is 0 Å². The van der Waals surface area contributed by atoms with E-state index in [1.54, 1.807) is 0 Å². The van der Waals surface area contributed by atoms with Gasteiger partial charge in [0.1, 0.15) is 0 Å². The molecule has 0 aromatic heterocycles. The predicted molar refractivity (Wildman–Crippen MR) is 137 cm³/mol. The highest BCUT2D eigenvalue weighted by molar-refractivity contribution is 9.10. The van der Waals surface area contributed by atoms with Gasteiger partial charge in [0.15, 0.2) is 0 Å². The number of hydrogen-bond donors (Lipinski definition) is 0. The fraction of sp³-hybridized carbons (Fsp3) is 0.379. The third-order valence-corrected chi connectivity index (χ3v) is 7.42. The van der Waals surface area contributed by atoms with Gasteiger partial charge in [-0.25, -0.2) is 0 Å². The summed E-state index contributed by atoms with van der Waals surface area (Å²) in [5, 5.41) is 0. The molecule has 3 heteroatoms. The molecule has 1 unspecified atom stereocenters. The lowest BCUT2D eigenvalue weighted by atomic mass is 9.71. The molecule has 168 valence electrons. The summed E-state index contributed by atoms with van der Waals surface area (Å²) in [7, 11) is 0. The predicted octanol–water partition coefficient (Wildman–Crippen LogP) is 7.21. The molecule has 1 aliphatic rings. The Kier molecular flexibility index (Phi) is 7.19. The van der Waals surface area contributed by atoms with Gasteiger partial charge in [0.2, 0.25) is 0 Å². The summed E-state index contributed by atoms with van der Waals surface area (Å²) in [6, 6.07) is 31.1.